The number of benzene rings is 3. The fraction of sp³-hybridized carbons (Fsp3) is 0.0286. The smallest absolute Gasteiger partial charge is 0.141 e. The molecule has 5 heterocycles. The summed E-state index contributed by atoms with van der Waals surface area (Å²) < 4.78 is 2.21. The van der Waals surface area contributed by atoms with Gasteiger partial charge in [0, 0.05) is 32.3 Å². The lowest BCUT2D eigenvalue weighted by atomic mass is 9.67. The zero-order valence-electron chi connectivity index (χ0n) is 21.6. The Morgan fingerprint density at radius 2 is 1.34 bits per heavy atom. The van der Waals surface area contributed by atoms with E-state index in [0.29, 0.717) is 5.69 Å². The van der Waals surface area contributed by atoms with Crippen molar-refractivity contribution in [1.29, 1.82) is 5.26 Å². The minimum Gasteiger partial charge on any atom is -0.306 e. The Bertz CT molecular complexity index is 2230. The molecule has 7 aromatic rings. The van der Waals surface area contributed by atoms with Gasteiger partial charge in [0.15, 0.2) is 0 Å². The lowest BCUT2D eigenvalue weighted by Crippen LogP contribution is -2.32. The Kier molecular flexibility index (Phi) is 4.48. The number of aromatic nitrogens is 4. The highest BCUT2D eigenvalue weighted by molar-refractivity contribution is 7.99. The predicted octanol–water partition coefficient (Wildman–Crippen LogP) is 7.67. The molecule has 1 spiro atoms. The molecular formula is C35H19N5S. The minimum atomic E-state index is -0.550. The number of nitriles is 1. The van der Waals surface area contributed by atoms with E-state index in [1.54, 1.807) is 6.20 Å². The first-order valence-corrected chi connectivity index (χ1v) is 14.2. The normalized spacial score (nSPS) is 13.9. The average Bonchev–Trinajstić information content (AvgIpc) is 3.51. The van der Waals surface area contributed by atoms with Crippen LogP contribution in [0.25, 0.3) is 38.9 Å². The fourth-order valence-corrected chi connectivity index (χ4v) is 8.07. The van der Waals surface area contributed by atoms with E-state index in [1.807, 2.05) is 48.4 Å². The summed E-state index contributed by atoms with van der Waals surface area (Å²) in [6, 6.07) is 36.3. The largest absolute Gasteiger partial charge is 0.306 e. The van der Waals surface area contributed by atoms with Gasteiger partial charge in [0.1, 0.15) is 11.8 Å². The number of nitrogens with zero attached hydrogens (tertiary/aromatic N) is 5. The molecule has 0 atom stereocenters. The summed E-state index contributed by atoms with van der Waals surface area (Å²) in [6.45, 7) is 0. The Balaban J connectivity index is 1.42. The first kappa shape index (κ1) is 22.6. The predicted molar refractivity (Wildman–Crippen MR) is 160 cm³/mol. The molecule has 0 fully saturated rings. The van der Waals surface area contributed by atoms with Crippen molar-refractivity contribution in [3.63, 3.8) is 0 Å². The van der Waals surface area contributed by atoms with Crippen LogP contribution in [0.15, 0.2) is 125 Å². The van der Waals surface area contributed by atoms with Gasteiger partial charge in [-0.05, 0) is 53.1 Å². The molecule has 3 aromatic carbocycles. The molecule has 5 nitrogen and oxygen atoms in total. The van der Waals surface area contributed by atoms with Crippen molar-refractivity contribution in [3.05, 3.63) is 144 Å². The van der Waals surface area contributed by atoms with E-state index in [1.165, 1.54) is 20.9 Å². The second-order valence-corrected chi connectivity index (χ2v) is 11.5. The summed E-state index contributed by atoms with van der Waals surface area (Å²) in [6.07, 6.45) is 5.60. The van der Waals surface area contributed by atoms with E-state index in [0.717, 1.165) is 50.0 Å². The standard InChI is InChI=1S/C35H19N5S/c36-18-21-16-24-23-8-1-4-12-29(23)40(30(24)20-38-21)22-17-28-34(39-19-22)33-27(11-7-15-37-33)35(28)25-9-2-5-13-31(25)41-32-14-6-3-10-26(32)35/h1-17,19-20H. The van der Waals surface area contributed by atoms with Gasteiger partial charge in [0.05, 0.1) is 45.9 Å². The summed E-state index contributed by atoms with van der Waals surface area (Å²) in [5, 5.41) is 11.6. The number of pyridine rings is 3. The Hall–Kier alpha value is -5.25. The van der Waals surface area contributed by atoms with Crippen LogP contribution in [0, 0.1) is 11.3 Å². The van der Waals surface area contributed by atoms with Crippen LogP contribution < -0.4 is 0 Å². The second-order valence-electron chi connectivity index (χ2n) is 10.4. The maximum atomic E-state index is 9.55. The SMILES string of the molecule is N#Cc1cc2c3ccccc3n(-c3cnc4c(c3)C3(c5ccccc5Sc5ccccc53)c3cccnc3-4)c2cn1. The summed E-state index contributed by atoms with van der Waals surface area (Å²) in [4.78, 5) is 16.9. The third-order valence-corrected chi connectivity index (χ3v) is 9.60. The summed E-state index contributed by atoms with van der Waals surface area (Å²) in [5.74, 6) is 0. The van der Waals surface area contributed by atoms with E-state index >= 15 is 0 Å². The number of hydrogen-bond acceptors (Lipinski definition) is 5. The molecule has 0 unspecified atom stereocenters. The lowest BCUT2D eigenvalue weighted by molar-refractivity contribution is 0.718. The maximum absolute atomic E-state index is 9.55. The van der Waals surface area contributed by atoms with E-state index in [9.17, 15) is 5.26 Å². The highest BCUT2D eigenvalue weighted by atomic mass is 32.2. The summed E-state index contributed by atoms with van der Waals surface area (Å²) in [7, 11) is 0. The van der Waals surface area contributed by atoms with E-state index in [-0.39, 0.29) is 0 Å². The van der Waals surface area contributed by atoms with Crippen molar-refractivity contribution in [1.82, 2.24) is 19.5 Å². The Labute approximate surface area is 239 Å². The second kappa shape index (κ2) is 8.14. The average molecular weight is 542 g/mol. The van der Waals surface area contributed by atoms with Crippen LogP contribution in [0.5, 0.6) is 0 Å². The van der Waals surface area contributed by atoms with Crippen molar-refractivity contribution < 1.29 is 0 Å². The van der Waals surface area contributed by atoms with Gasteiger partial charge in [-0.25, -0.2) is 4.98 Å². The van der Waals surface area contributed by atoms with Gasteiger partial charge >= 0.3 is 0 Å². The third-order valence-electron chi connectivity index (χ3n) is 8.45. The van der Waals surface area contributed by atoms with Gasteiger partial charge in [-0.3, -0.25) is 9.97 Å². The van der Waals surface area contributed by atoms with E-state index in [2.05, 4.69) is 88.4 Å². The molecule has 0 N–H and O–H groups in total. The van der Waals surface area contributed by atoms with Crippen LogP contribution in [-0.2, 0) is 5.41 Å². The van der Waals surface area contributed by atoms with Gasteiger partial charge in [-0.1, -0.05) is 72.4 Å². The van der Waals surface area contributed by atoms with Crippen LogP contribution >= 0.6 is 11.8 Å². The molecule has 0 amide bonds. The molecule has 0 bridgehead atoms. The summed E-state index contributed by atoms with van der Waals surface area (Å²) in [5.41, 5.74) is 9.39. The van der Waals surface area contributed by atoms with Crippen LogP contribution in [0.2, 0.25) is 0 Å². The first-order chi connectivity index (χ1) is 20.3. The molecule has 0 saturated heterocycles. The molecule has 6 heteroatoms. The van der Waals surface area contributed by atoms with Gasteiger partial charge in [0.2, 0.25) is 0 Å². The molecule has 1 aliphatic carbocycles. The first-order valence-electron chi connectivity index (χ1n) is 13.4. The lowest BCUT2D eigenvalue weighted by Gasteiger charge is -2.39. The Morgan fingerprint density at radius 1 is 0.634 bits per heavy atom. The molecule has 0 saturated carbocycles. The van der Waals surface area contributed by atoms with Crippen LogP contribution in [-0.4, -0.2) is 19.5 Å². The number of hydrogen-bond donors (Lipinski definition) is 0. The van der Waals surface area contributed by atoms with Crippen molar-refractivity contribution >= 4 is 33.6 Å². The number of para-hydroxylation sites is 1. The van der Waals surface area contributed by atoms with E-state index in [4.69, 9.17) is 9.97 Å². The quantitative estimate of drug-likeness (QED) is 0.213. The molecule has 4 aromatic heterocycles. The molecular weight excluding hydrogens is 522 g/mol. The topological polar surface area (TPSA) is 67.4 Å². The van der Waals surface area contributed by atoms with Gasteiger partial charge in [-0.15, -0.1) is 0 Å². The molecule has 41 heavy (non-hydrogen) atoms. The highest BCUT2D eigenvalue weighted by Gasteiger charge is 2.51. The van der Waals surface area contributed by atoms with Crippen LogP contribution in [0.4, 0.5) is 0 Å². The molecule has 2 aliphatic rings. The van der Waals surface area contributed by atoms with E-state index < -0.39 is 5.41 Å². The van der Waals surface area contributed by atoms with Crippen molar-refractivity contribution in [2.45, 2.75) is 15.2 Å². The van der Waals surface area contributed by atoms with Gasteiger partial charge in [0.25, 0.3) is 0 Å². The van der Waals surface area contributed by atoms with Crippen molar-refractivity contribution in [2.24, 2.45) is 0 Å². The number of fused-ring (bicyclic) bond motifs is 12. The summed E-state index contributed by atoms with van der Waals surface area (Å²) >= 11 is 1.82. The van der Waals surface area contributed by atoms with Crippen molar-refractivity contribution in [3.8, 4) is 23.1 Å². The third kappa shape index (κ3) is 2.83. The Morgan fingerprint density at radius 3 is 2.15 bits per heavy atom. The van der Waals surface area contributed by atoms with Gasteiger partial charge in [-0.2, -0.15) is 5.26 Å². The zero-order valence-corrected chi connectivity index (χ0v) is 22.4. The monoisotopic (exact) mass is 541 g/mol. The zero-order chi connectivity index (χ0) is 27.1. The number of rotatable bonds is 1. The molecule has 9 rings (SSSR count). The molecule has 0 radical (unpaired) electrons. The van der Waals surface area contributed by atoms with Gasteiger partial charge < -0.3 is 4.57 Å². The molecule has 1 aliphatic heterocycles. The molecule has 190 valence electrons. The van der Waals surface area contributed by atoms with Crippen molar-refractivity contribution in [2.75, 3.05) is 0 Å². The fourth-order valence-electron chi connectivity index (χ4n) is 6.87. The van der Waals surface area contributed by atoms with Crippen LogP contribution in [0.1, 0.15) is 27.9 Å². The highest BCUT2D eigenvalue weighted by Crippen LogP contribution is 2.61. The van der Waals surface area contributed by atoms with Crippen LogP contribution in [0.3, 0.4) is 0 Å². The minimum absolute atomic E-state index is 0.404. The maximum Gasteiger partial charge on any atom is 0.141 e.